The summed E-state index contributed by atoms with van der Waals surface area (Å²) in [5, 5.41) is 0. The fraction of sp³-hybridized carbons (Fsp3) is 0.133. The van der Waals surface area contributed by atoms with Crippen molar-refractivity contribution in [2.75, 3.05) is 7.11 Å². The first-order valence-electron chi connectivity index (χ1n) is 5.94. The van der Waals surface area contributed by atoms with Gasteiger partial charge in [-0.15, -0.1) is 0 Å². The summed E-state index contributed by atoms with van der Waals surface area (Å²) in [6, 6.07) is 11.6. The Kier molecular flexibility index (Phi) is 4.53. The fourth-order valence-corrected chi connectivity index (χ4v) is 1.83. The number of ether oxygens (including phenoxy) is 2. The second-order valence-electron chi connectivity index (χ2n) is 4.18. The summed E-state index contributed by atoms with van der Waals surface area (Å²) >= 11 is 4.84. The van der Waals surface area contributed by atoms with Crippen molar-refractivity contribution >= 4 is 17.2 Å². The van der Waals surface area contributed by atoms with Crippen LogP contribution in [0.4, 0.5) is 4.39 Å². The van der Waals surface area contributed by atoms with Crippen LogP contribution in [0.1, 0.15) is 11.1 Å². The summed E-state index contributed by atoms with van der Waals surface area (Å²) < 4.78 is 24.1. The van der Waals surface area contributed by atoms with Crippen molar-refractivity contribution in [2.45, 2.75) is 6.61 Å². The molecule has 2 aromatic carbocycles. The van der Waals surface area contributed by atoms with E-state index in [4.69, 9.17) is 27.4 Å². The van der Waals surface area contributed by atoms with Crippen molar-refractivity contribution in [3.63, 3.8) is 0 Å². The summed E-state index contributed by atoms with van der Waals surface area (Å²) in [5.74, 6) is 1.04. The van der Waals surface area contributed by atoms with E-state index in [9.17, 15) is 4.39 Å². The molecule has 0 saturated carbocycles. The Morgan fingerprint density at radius 1 is 1.15 bits per heavy atom. The number of hydrogen-bond acceptors (Lipinski definition) is 3. The Labute approximate surface area is 122 Å². The van der Waals surface area contributed by atoms with E-state index in [1.165, 1.54) is 12.1 Å². The predicted molar refractivity (Wildman–Crippen MR) is 79.6 cm³/mol. The summed E-state index contributed by atoms with van der Waals surface area (Å²) in [7, 11) is 1.60. The average molecular weight is 291 g/mol. The van der Waals surface area contributed by atoms with E-state index in [0.717, 1.165) is 5.75 Å². The van der Waals surface area contributed by atoms with Crippen LogP contribution in [0.5, 0.6) is 11.5 Å². The maximum absolute atomic E-state index is 13.4. The largest absolute Gasteiger partial charge is 0.497 e. The Morgan fingerprint density at radius 3 is 2.40 bits per heavy atom. The topological polar surface area (TPSA) is 44.5 Å². The standard InChI is InChI=1S/C15H14FNO2S/c1-18-13-2-4-14(5-3-13)19-9-10-6-11(15(17)20)8-12(16)7-10/h2-8H,9H2,1H3,(H2,17,20). The lowest BCUT2D eigenvalue weighted by Gasteiger charge is -2.08. The summed E-state index contributed by atoms with van der Waals surface area (Å²) in [4.78, 5) is 0.162. The van der Waals surface area contributed by atoms with Gasteiger partial charge in [-0.05, 0) is 48.0 Å². The maximum atomic E-state index is 13.4. The molecule has 0 heterocycles. The number of methoxy groups -OCH3 is 1. The highest BCUT2D eigenvalue weighted by Crippen LogP contribution is 2.19. The summed E-state index contributed by atoms with van der Waals surface area (Å²) in [6.45, 7) is 0.236. The van der Waals surface area contributed by atoms with Gasteiger partial charge in [0.2, 0.25) is 0 Å². The molecule has 2 N–H and O–H groups in total. The molecule has 0 unspecified atom stereocenters. The van der Waals surface area contributed by atoms with Crippen LogP contribution < -0.4 is 15.2 Å². The van der Waals surface area contributed by atoms with Gasteiger partial charge in [0.1, 0.15) is 28.9 Å². The average Bonchev–Trinajstić information content (AvgIpc) is 2.45. The maximum Gasteiger partial charge on any atom is 0.124 e. The third-order valence-electron chi connectivity index (χ3n) is 2.71. The van der Waals surface area contributed by atoms with E-state index in [2.05, 4.69) is 0 Å². The van der Waals surface area contributed by atoms with Crippen LogP contribution in [0, 0.1) is 5.82 Å². The molecular weight excluding hydrogens is 277 g/mol. The second-order valence-corrected chi connectivity index (χ2v) is 4.62. The Morgan fingerprint density at radius 2 is 1.80 bits per heavy atom. The Hall–Kier alpha value is -2.14. The van der Waals surface area contributed by atoms with Gasteiger partial charge >= 0.3 is 0 Å². The van der Waals surface area contributed by atoms with Gasteiger partial charge in [-0.1, -0.05) is 12.2 Å². The molecule has 0 aliphatic carbocycles. The number of benzene rings is 2. The zero-order valence-corrected chi connectivity index (χ0v) is 11.7. The molecule has 0 aliphatic heterocycles. The van der Waals surface area contributed by atoms with Gasteiger partial charge in [-0.3, -0.25) is 0 Å². The molecule has 3 nitrogen and oxygen atoms in total. The molecule has 0 amide bonds. The van der Waals surface area contributed by atoms with Crippen LogP contribution in [-0.2, 0) is 6.61 Å². The van der Waals surface area contributed by atoms with Gasteiger partial charge in [0.15, 0.2) is 0 Å². The van der Waals surface area contributed by atoms with Crippen molar-refractivity contribution in [2.24, 2.45) is 5.73 Å². The first-order valence-corrected chi connectivity index (χ1v) is 6.35. The molecule has 0 aromatic heterocycles. The SMILES string of the molecule is COc1ccc(OCc2cc(F)cc(C(N)=S)c2)cc1. The first-order chi connectivity index (χ1) is 9.58. The molecule has 2 rings (SSSR count). The Bertz CT molecular complexity index is 614. The minimum atomic E-state index is -0.386. The number of hydrogen-bond donors (Lipinski definition) is 1. The van der Waals surface area contributed by atoms with Crippen molar-refractivity contribution < 1.29 is 13.9 Å². The minimum Gasteiger partial charge on any atom is -0.497 e. The van der Waals surface area contributed by atoms with E-state index < -0.39 is 0 Å². The third-order valence-corrected chi connectivity index (χ3v) is 2.94. The third kappa shape index (κ3) is 3.68. The van der Waals surface area contributed by atoms with Crippen molar-refractivity contribution in [1.29, 1.82) is 0 Å². The van der Waals surface area contributed by atoms with E-state index in [1.54, 1.807) is 37.4 Å². The number of halogens is 1. The highest BCUT2D eigenvalue weighted by atomic mass is 32.1. The molecule has 0 spiro atoms. The van der Waals surface area contributed by atoms with Crippen molar-refractivity contribution in [1.82, 2.24) is 0 Å². The van der Waals surface area contributed by atoms with Gasteiger partial charge in [0.25, 0.3) is 0 Å². The van der Waals surface area contributed by atoms with E-state index >= 15 is 0 Å². The van der Waals surface area contributed by atoms with Crippen LogP contribution in [0.25, 0.3) is 0 Å². The molecule has 0 radical (unpaired) electrons. The van der Waals surface area contributed by atoms with Crippen LogP contribution in [0.15, 0.2) is 42.5 Å². The molecule has 2 aromatic rings. The van der Waals surface area contributed by atoms with Gasteiger partial charge in [-0.25, -0.2) is 4.39 Å². The van der Waals surface area contributed by atoms with Gasteiger partial charge in [0, 0.05) is 5.56 Å². The minimum absolute atomic E-state index is 0.162. The number of rotatable bonds is 5. The molecule has 0 aliphatic rings. The summed E-state index contributed by atoms with van der Waals surface area (Å²) in [6.07, 6.45) is 0. The van der Waals surface area contributed by atoms with Crippen LogP contribution in [-0.4, -0.2) is 12.1 Å². The molecular formula is C15H14FNO2S. The fourth-order valence-electron chi connectivity index (χ4n) is 1.71. The molecule has 0 fully saturated rings. The monoisotopic (exact) mass is 291 g/mol. The lowest BCUT2D eigenvalue weighted by atomic mass is 10.1. The molecule has 0 bridgehead atoms. The van der Waals surface area contributed by atoms with Crippen molar-refractivity contribution in [3.05, 3.63) is 59.4 Å². The predicted octanol–water partition coefficient (Wildman–Crippen LogP) is 3.05. The normalized spacial score (nSPS) is 10.1. The molecule has 0 atom stereocenters. The van der Waals surface area contributed by atoms with Crippen LogP contribution >= 0.6 is 12.2 Å². The van der Waals surface area contributed by atoms with E-state index in [1.807, 2.05) is 0 Å². The van der Waals surface area contributed by atoms with Crippen molar-refractivity contribution in [3.8, 4) is 11.5 Å². The molecule has 0 saturated heterocycles. The molecule has 20 heavy (non-hydrogen) atoms. The van der Waals surface area contributed by atoms with E-state index in [0.29, 0.717) is 16.9 Å². The Balaban J connectivity index is 2.08. The van der Waals surface area contributed by atoms with Crippen LogP contribution in [0.2, 0.25) is 0 Å². The smallest absolute Gasteiger partial charge is 0.124 e. The number of nitrogens with two attached hydrogens (primary N) is 1. The number of thiocarbonyl (C=S) groups is 1. The molecule has 104 valence electrons. The lowest BCUT2D eigenvalue weighted by Crippen LogP contribution is -2.10. The van der Waals surface area contributed by atoms with E-state index in [-0.39, 0.29) is 17.4 Å². The second kappa shape index (κ2) is 6.34. The zero-order valence-electron chi connectivity index (χ0n) is 10.9. The van der Waals surface area contributed by atoms with Gasteiger partial charge in [0.05, 0.1) is 7.11 Å². The van der Waals surface area contributed by atoms with Gasteiger partial charge in [-0.2, -0.15) is 0 Å². The highest BCUT2D eigenvalue weighted by molar-refractivity contribution is 7.80. The molecule has 5 heteroatoms. The summed E-state index contributed by atoms with van der Waals surface area (Å²) in [5.41, 5.74) is 6.66. The van der Waals surface area contributed by atoms with Crippen LogP contribution in [0.3, 0.4) is 0 Å². The highest BCUT2D eigenvalue weighted by Gasteiger charge is 2.04. The quantitative estimate of drug-likeness (QED) is 0.860. The lowest BCUT2D eigenvalue weighted by molar-refractivity contribution is 0.305. The van der Waals surface area contributed by atoms with Gasteiger partial charge < -0.3 is 15.2 Å². The zero-order chi connectivity index (χ0) is 14.5. The first kappa shape index (κ1) is 14.3.